The maximum absolute atomic E-state index is 4.35. The number of benzene rings is 1. The van der Waals surface area contributed by atoms with Gasteiger partial charge in [0.05, 0.1) is 5.52 Å². The first-order valence-electron chi connectivity index (χ1n) is 5.29. The van der Waals surface area contributed by atoms with Gasteiger partial charge in [-0.1, -0.05) is 19.9 Å². The normalized spacial score (nSPS) is 10.9. The molecule has 0 radical (unpaired) electrons. The van der Waals surface area contributed by atoms with E-state index in [0.717, 1.165) is 11.2 Å². The molecule has 0 unspecified atom stereocenters. The molecule has 78 valence electrons. The zero-order valence-corrected chi connectivity index (χ0v) is 9.41. The molecule has 2 aromatic rings. The average Bonchev–Trinajstić information content (AvgIpc) is 2.27. The number of fused-ring (bicyclic) bond motifs is 1. The molecule has 2 rings (SSSR count). The van der Waals surface area contributed by atoms with Crippen LogP contribution in [-0.4, -0.2) is 12.0 Å². The van der Waals surface area contributed by atoms with Gasteiger partial charge in [-0.25, -0.2) is 0 Å². The Morgan fingerprint density at radius 2 is 2.00 bits per heavy atom. The molecule has 1 N–H and O–H groups in total. The van der Waals surface area contributed by atoms with Crippen molar-refractivity contribution >= 4 is 16.6 Å². The van der Waals surface area contributed by atoms with Crippen molar-refractivity contribution in [2.24, 2.45) is 0 Å². The van der Waals surface area contributed by atoms with E-state index in [2.05, 4.69) is 42.3 Å². The molecule has 1 aromatic heterocycles. The van der Waals surface area contributed by atoms with Gasteiger partial charge in [-0.2, -0.15) is 0 Å². The maximum atomic E-state index is 4.35. The van der Waals surface area contributed by atoms with Crippen LogP contribution in [0.3, 0.4) is 0 Å². The summed E-state index contributed by atoms with van der Waals surface area (Å²) in [6, 6.07) is 8.47. The number of anilines is 1. The van der Waals surface area contributed by atoms with Crippen molar-refractivity contribution in [3.63, 3.8) is 0 Å². The molecule has 0 atom stereocenters. The van der Waals surface area contributed by atoms with Gasteiger partial charge in [0.1, 0.15) is 0 Å². The molecule has 2 nitrogen and oxygen atoms in total. The third-order valence-corrected chi connectivity index (χ3v) is 2.70. The summed E-state index contributed by atoms with van der Waals surface area (Å²) in [5, 5.41) is 4.40. The Labute approximate surface area is 90.3 Å². The van der Waals surface area contributed by atoms with Crippen molar-refractivity contribution in [1.82, 2.24) is 4.98 Å². The van der Waals surface area contributed by atoms with Crippen LogP contribution in [0.1, 0.15) is 25.3 Å². The Balaban J connectivity index is 2.67. The summed E-state index contributed by atoms with van der Waals surface area (Å²) in [5.74, 6) is 0.555. The molecule has 15 heavy (non-hydrogen) atoms. The Morgan fingerprint density at radius 1 is 1.20 bits per heavy atom. The Bertz CT molecular complexity index is 475. The third-order valence-electron chi connectivity index (χ3n) is 2.70. The summed E-state index contributed by atoms with van der Waals surface area (Å²) in [6.07, 6.45) is 1.84. The van der Waals surface area contributed by atoms with Crippen molar-refractivity contribution in [2.75, 3.05) is 12.4 Å². The lowest BCUT2D eigenvalue weighted by Gasteiger charge is -2.09. The molecule has 0 aliphatic rings. The van der Waals surface area contributed by atoms with Gasteiger partial charge >= 0.3 is 0 Å². The van der Waals surface area contributed by atoms with Crippen LogP contribution in [0.25, 0.3) is 10.9 Å². The number of hydrogen-bond acceptors (Lipinski definition) is 2. The average molecular weight is 200 g/mol. The molecule has 1 aromatic carbocycles. The minimum absolute atomic E-state index is 0.555. The Morgan fingerprint density at radius 3 is 2.67 bits per heavy atom. The van der Waals surface area contributed by atoms with Crippen molar-refractivity contribution in [1.29, 1.82) is 0 Å². The fraction of sp³-hybridized carbons (Fsp3) is 0.308. The van der Waals surface area contributed by atoms with Crippen molar-refractivity contribution in [2.45, 2.75) is 19.8 Å². The van der Waals surface area contributed by atoms with Crippen LogP contribution in [0.5, 0.6) is 0 Å². The van der Waals surface area contributed by atoms with Crippen LogP contribution in [0.15, 0.2) is 30.5 Å². The first-order valence-corrected chi connectivity index (χ1v) is 5.29. The molecule has 0 aliphatic carbocycles. The van der Waals surface area contributed by atoms with Crippen LogP contribution >= 0.6 is 0 Å². The van der Waals surface area contributed by atoms with Gasteiger partial charge in [0.25, 0.3) is 0 Å². The SMILES string of the molecule is CNc1ccnc2ccc(C(C)C)cc12. The van der Waals surface area contributed by atoms with Gasteiger partial charge in [-0.3, -0.25) is 4.98 Å². The molecule has 0 bridgehead atoms. The number of nitrogens with zero attached hydrogens (tertiary/aromatic N) is 1. The quantitative estimate of drug-likeness (QED) is 0.803. The highest BCUT2D eigenvalue weighted by molar-refractivity contribution is 5.91. The molecule has 0 saturated heterocycles. The fourth-order valence-electron chi connectivity index (χ4n) is 1.74. The standard InChI is InChI=1S/C13H16N2/c1-9(2)10-4-5-13-11(8-10)12(14-3)6-7-15-13/h4-9H,1-3H3,(H,14,15). The summed E-state index contributed by atoms with van der Waals surface area (Å²) < 4.78 is 0. The predicted octanol–water partition coefficient (Wildman–Crippen LogP) is 3.40. The Kier molecular flexibility index (Phi) is 2.58. The number of nitrogens with one attached hydrogen (secondary N) is 1. The molecule has 1 heterocycles. The van der Waals surface area contributed by atoms with Gasteiger partial charge in [0.15, 0.2) is 0 Å². The lowest BCUT2D eigenvalue weighted by atomic mass is 10.0. The molecule has 0 amide bonds. The van der Waals surface area contributed by atoms with Gasteiger partial charge in [0, 0.05) is 24.3 Å². The van der Waals surface area contributed by atoms with E-state index in [4.69, 9.17) is 0 Å². The fourth-order valence-corrected chi connectivity index (χ4v) is 1.74. The molecule has 0 fully saturated rings. The third kappa shape index (κ3) is 1.80. The maximum Gasteiger partial charge on any atom is 0.0722 e. The summed E-state index contributed by atoms with van der Waals surface area (Å²) >= 11 is 0. The first-order chi connectivity index (χ1) is 7.22. The first kappa shape index (κ1) is 9.97. The molecule has 0 aliphatic heterocycles. The second kappa shape index (κ2) is 3.89. The van der Waals surface area contributed by atoms with Crippen LogP contribution in [0.4, 0.5) is 5.69 Å². The number of aromatic nitrogens is 1. The molecule has 2 heteroatoms. The lowest BCUT2D eigenvalue weighted by Crippen LogP contribution is -1.93. The van der Waals surface area contributed by atoms with Crippen molar-refractivity contribution in [3.05, 3.63) is 36.0 Å². The van der Waals surface area contributed by atoms with Crippen LogP contribution < -0.4 is 5.32 Å². The van der Waals surface area contributed by atoms with Gasteiger partial charge < -0.3 is 5.32 Å². The largest absolute Gasteiger partial charge is 0.388 e. The van der Waals surface area contributed by atoms with Crippen LogP contribution in [0.2, 0.25) is 0 Å². The zero-order chi connectivity index (χ0) is 10.8. The van der Waals surface area contributed by atoms with Crippen LogP contribution in [-0.2, 0) is 0 Å². The van der Waals surface area contributed by atoms with Crippen LogP contribution in [0, 0.1) is 0 Å². The van der Waals surface area contributed by atoms with E-state index >= 15 is 0 Å². The van der Waals surface area contributed by atoms with E-state index in [1.165, 1.54) is 10.9 Å². The van der Waals surface area contributed by atoms with E-state index in [0.29, 0.717) is 5.92 Å². The van der Waals surface area contributed by atoms with E-state index in [-0.39, 0.29) is 0 Å². The second-order valence-corrected chi connectivity index (χ2v) is 4.04. The van der Waals surface area contributed by atoms with E-state index in [1.807, 2.05) is 19.3 Å². The Hall–Kier alpha value is -1.57. The smallest absolute Gasteiger partial charge is 0.0722 e. The second-order valence-electron chi connectivity index (χ2n) is 4.04. The highest BCUT2D eigenvalue weighted by Gasteiger charge is 2.04. The summed E-state index contributed by atoms with van der Waals surface area (Å²) in [5.41, 5.74) is 3.54. The summed E-state index contributed by atoms with van der Waals surface area (Å²) in [6.45, 7) is 4.41. The molecular formula is C13H16N2. The monoisotopic (exact) mass is 200 g/mol. The number of rotatable bonds is 2. The number of pyridine rings is 1. The van der Waals surface area contributed by atoms with E-state index in [1.54, 1.807) is 0 Å². The number of hydrogen-bond donors (Lipinski definition) is 1. The lowest BCUT2D eigenvalue weighted by molar-refractivity contribution is 0.868. The van der Waals surface area contributed by atoms with Gasteiger partial charge in [0.2, 0.25) is 0 Å². The van der Waals surface area contributed by atoms with Crippen molar-refractivity contribution in [3.8, 4) is 0 Å². The molecule has 0 spiro atoms. The minimum Gasteiger partial charge on any atom is -0.388 e. The highest BCUT2D eigenvalue weighted by atomic mass is 14.8. The topological polar surface area (TPSA) is 24.9 Å². The van der Waals surface area contributed by atoms with Gasteiger partial charge in [-0.15, -0.1) is 0 Å². The van der Waals surface area contributed by atoms with E-state index in [9.17, 15) is 0 Å². The molecule has 0 saturated carbocycles. The van der Waals surface area contributed by atoms with Crippen molar-refractivity contribution < 1.29 is 0 Å². The zero-order valence-electron chi connectivity index (χ0n) is 9.41. The predicted molar refractivity (Wildman–Crippen MR) is 65.4 cm³/mol. The summed E-state index contributed by atoms with van der Waals surface area (Å²) in [4.78, 5) is 4.35. The highest BCUT2D eigenvalue weighted by Crippen LogP contribution is 2.25. The van der Waals surface area contributed by atoms with E-state index < -0.39 is 0 Å². The summed E-state index contributed by atoms with van der Waals surface area (Å²) in [7, 11) is 1.94. The molecular weight excluding hydrogens is 184 g/mol. The minimum atomic E-state index is 0.555. The van der Waals surface area contributed by atoms with Gasteiger partial charge in [-0.05, 0) is 29.7 Å².